The third-order valence-electron chi connectivity index (χ3n) is 10.3. The van der Waals surface area contributed by atoms with Gasteiger partial charge in [-0.15, -0.1) is 0 Å². The maximum atomic E-state index is 5.13. The van der Waals surface area contributed by atoms with Gasteiger partial charge in [0.2, 0.25) is 0 Å². The van der Waals surface area contributed by atoms with Crippen molar-refractivity contribution in [2.24, 2.45) is 0 Å². The molecule has 0 radical (unpaired) electrons. The van der Waals surface area contributed by atoms with Gasteiger partial charge in [-0.1, -0.05) is 188 Å². The molecule has 0 atom stereocenters. The summed E-state index contributed by atoms with van der Waals surface area (Å²) < 4.78 is 0. The SMILES string of the molecule is C/C=C\C(=C/C)c1cccc(-c2nc(-c3ccc(-c4ccccc4)cc3)nc(-c3cccc(-c4cccc(-c5nc(-c6ccccc6)nc(-c6ccccc6)n5)c4)c3)n2)c1. The first-order valence-electron chi connectivity index (χ1n) is 20.0. The highest BCUT2D eigenvalue weighted by atomic mass is 15.0. The Bertz CT molecular complexity index is 2920. The van der Waals surface area contributed by atoms with Crippen LogP contribution in [0.5, 0.6) is 0 Å². The zero-order valence-corrected chi connectivity index (χ0v) is 33.3. The van der Waals surface area contributed by atoms with Crippen LogP contribution in [-0.2, 0) is 0 Å². The van der Waals surface area contributed by atoms with Crippen molar-refractivity contribution in [2.45, 2.75) is 13.8 Å². The fourth-order valence-electron chi connectivity index (χ4n) is 7.20. The third-order valence-corrected chi connectivity index (χ3v) is 10.3. The maximum Gasteiger partial charge on any atom is 0.164 e. The molecule has 0 amide bonds. The van der Waals surface area contributed by atoms with Crippen LogP contribution in [0.2, 0.25) is 0 Å². The van der Waals surface area contributed by atoms with Gasteiger partial charge in [-0.3, -0.25) is 0 Å². The molecule has 6 heteroatoms. The molecule has 0 saturated heterocycles. The molecular weight excluding hydrogens is 733 g/mol. The van der Waals surface area contributed by atoms with E-state index in [1.807, 2.05) is 85.8 Å². The zero-order valence-electron chi connectivity index (χ0n) is 33.3. The van der Waals surface area contributed by atoms with Crippen LogP contribution in [0.25, 0.3) is 96.2 Å². The van der Waals surface area contributed by atoms with Gasteiger partial charge >= 0.3 is 0 Å². The Balaban J connectivity index is 1.12. The monoisotopic (exact) mass is 772 g/mol. The van der Waals surface area contributed by atoms with E-state index in [-0.39, 0.29) is 0 Å². The first-order valence-corrected chi connectivity index (χ1v) is 20.0. The smallest absolute Gasteiger partial charge is 0.164 e. The Hall–Kier alpha value is -7.96. The van der Waals surface area contributed by atoms with Crippen LogP contribution in [0.3, 0.4) is 0 Å². The number of hydrogen-bond donors (Lipinski definition) is 0. The normalized spacial score (nSPS) is 11.5. The van der Waals surface area contributed by atoms with Crippen LogP contribution in [-0.4, -0.2) is 29.9 Å². The predicted octanol–water partition coefficient (Wildman–Crippen LogP) is 13.4. The molecule has 0 saturated carbocycles. The minimum absolute atomic E-state index is 0.586. The number of allylic oxidation sites excluding steroid dienone is 4. The Labute approximate surface area is 350 Å². The fourth-order valence-corrected chi connectivity index (χ4v) is 7.20. The van der Waals surface area contributed by atoms with Crippen molar-refractivity contribution in [3.05, 3.63) is 212 Å². The second-order valence-corrected chi connectivity index (χ2v) is 14.3. The summed E-state index contributed by atoms with van der Waals surface area (Å²) in [5.41, 5.74) is 12.0. The van der Waals surface area contributed by atoms with Gasteiger partial charge in [0, 0.05) is 33.4 Å². The largest absolute Gasteiger partial charge is 0.208 e. The quantitative estimate of drug-likeness (QED) is 0.129. The lowest BCUT2D eigenvalue weighted by molar-refractivity contribution is 1.07. The van der Waals surface area contributed by atoms with Crippen LogP contribution in [0.1, 0.15) is 19.4 Å². The standard InChI is InChI=1S/C54H40N6/c1-3-17-37(4-2)43-24-14-27-46(34-43)53-58-51(42-32-30-39(31-33-42)38-18-8-5-9-19-38)59-54(60-53)48-29-16-26-45(36-48)44-25-15-28-47(35-44)52-56-49(40-20-10-6-11-21-40)55-50(57-52)41-22-12-7-13-23-41/h3-36H,1-2H3/b17-3-,37-4+. The molecule has 0 fully saturated rings. The number of nitrogens with zero attached hydrogens (tertiary/aromatic N) is 6. The first-order chi connectivity index (χ1) is 29.6. The van der Waals surface area contributed by atoms with Gasteiger partial charge in [0.05, 0.1) is 0 Å². The van der Waals surface area contributed by atoms with Gasteiger partial charge in [-0.05, 0) is 65.4 Å². The van der Waals surface area contributed by atoms with Gasteiger partial charge in [0.25, 0.3) is 0 Å². The summed E-state index contributed by atoms with van der Waals surface area (Å²) in [6.07, 6.45) is 6.28. The molecule has 60 heavy (non-hydrogen) atoms. The summed E-state index contributed by atoms with van der Waals surface area (Å²) in [5, 5.41) is 0. The minimum atomic E-state index is 0.586. The highest BCUT2D eigenvalue weighted by Crippen LogP contribution is 2.32. The maximum absolute atomic E-state index is 5.13. The molecule has 0 spiro atoms. The third kappa shape index (κ3) is 8.21. The highest BCUT2D eigenvalue weighted by molar-refractivity contribution is 5.79. The molecule has 6 nitrogen and oxygen atoms in total. The Kier molecular flexibility index (Phi) is 10.8. The van der Waals surface area contributed by atoms with E-state index in [2.05, 4.69) is 134 Å². The summed E-state index contributed by atoms with van der Waals surface area (Å²) in [7, 11) is 0. The van der Waals surface area contributed by atoms with E-state index in [1.54, 1.807) is 0 Å². The molecule has 0 unspecified atom stereocenters. The van der Waals surface area contributed by atoms with Crippen LogP contribution >= 0.6 is 0 Å². The van der Waals surface area contributed by atoms with Crippen LogP contribution in [0, 0.1) is 0 Å². The first kappa shape index (κ1) is 37.6. The van der Waals surface area contributed by atoms with Crippen molar-refractivity contribution in [1.82, 2.24) is 29.9 Å². The Morgan fingerprint density at radius 2 is 0.617 bits per heavy atom. The molecule has 0 bridgehead atoms. The summed E-state index contributed by atoms with van der Waals surface area (Å²) >= 11 is 0. The van der Waals surface area contributed by atoms with E-state index in [4.69, 9.17) is 29.9 Å². The minimum Gasteiger partial charge on any atom is -0.208 e. The van der Waals surface area contributed by atoms with Crippen molar-refractivity contribution in [3.63, 3.8) is 0 Å². The number of benzene rings is 7. The summed E-state index contributed by atoms with van der Waals surface area (Å²) in [6, 6.07) is 63.9. The molecule has 2 aromatic heterocycles. The lowest BCUT2D eigenvalue weighted by Gasteiger charge is -2.12. The van der Waals surface area contributed by atoms with E-state index < -0.39 is 0 Å². The van der Waals surface area contributed by atoms with E-state index in [0.717, 1.165) is 66.8 Å². The number of hydrogen-bond acceptors (Lipinski definition) is 6. The number of rotatable bonds is 10. The van der Waals surface area contributed by atoms with Gasteiger partial charge in [-0.25, -0.2) is 29.9 Å². The molecule has 7 aromatic carbocycles. The van der Waals surface area contributed by atoms with Crippen molar-refractivity contribution >= 4 is 5.57 Å². The molecule has 0 aliphatic carbocycles. The summed E-state index contributed by atoms with van der Waals surface area (Å²) in [4.78, 5) is 30.1. The Morgan fingerprint density at radius 3 is 1.05 bits per heavy atom. The van der Waals surface area contributed by atoms with E-state index >= 15 is 0 Å². The lowest BCUT2D eigenvalue weighted by Crippen LogP contribution is -2.01. The predicted molar refractivity (Wildman–Crippen MR) is 245 cm³/mol. The van der Waals surface area contributed by atoms with E-state index in [9.17, 15) is 0 Å². The number of aromatic nitrogens is 6. The van der Waals surface area contributed by atoms with Crippen LogP contribution in [0.4, 0.5) is 0 Å². The van der Waals surface area contributed by atoms with Crippen molar-refractivity contribution in [1.29, 1.82) is 0 Å². The molecule has 286 valence electrons. The average molecular weight is 773 g/mol. The molecule has 9 aromatic rings. The molecule has 2 heterocycles. The fraction of sp³-hybridized carbons (Fsp3) is 0.0370. The lowest BCUT2D eigenvalue weighted by atomic mass is 10.00. The molecular formula is C54H40N6. The molecule has 0 N–H and O–H groups in total. The van der Waals surface area contributed by atoms with E-state index in [0.29, 0.717) is 34.9 Å². The van der Waals surface area contributed by atoms with Crippen LogP contribution < -0.4 is 0 Å². The second-order valence-electron chi connectivity index (χ2n) is 14.3. The second kappa shape index (κ2) is 17.3. The Morgan fingerprint density at radius 1 is 0.300 bits per heavy atom. The highest BCUT2D eigenvalue weighted by Gasteiger charge is 2.16. The molecule has 9 rings (SSSR count). The topological polar surface area (TPSA) is 77.3 Å². The van der Waals surface area contributed by atoms with Crippen molar-refractivity contribution < 1.29 is 0 Å². The van der Waals surface area contributed by atoms with Gasteiger partial charge in [0.1, 0.15) is 0 Å². The van der Waals surface area contributed by atoms with Gasteiger partial charge < -0.3 is 0 Å². The summed E-state index contributed by atoms with van der Waals surface area (Å²) in [5.74, 6) is 3.64. The van der Waals surface area contributed by atoms with Crippen LogP contribution in [0.15, 0.2) is 206 Å². The van der Waals surface area contributed by atoms with Crippen molar-refractivity contribution in [3.8, 4) is 90.6 Å². The van der Waals surface area contributed by atoms with Gasteiger partial charge in [0.15, 0.2) is 34.9 Å². The van der Waals surface area contributed by atoms with Gasteiger partial charge in [-0.2, -0.15) is 0 Å². The summed E-state index contributed by atoms with van der Waals surface area (Å²) in [6.45, 7) is 4.08. The molecule has 0 aliphatic heterocycles. The zero-order chi connectivity index (χ0) is 40.7. The molecule has 0 aliphatic rings. The average Bonchev–Trinajstić information content (AvgIpc) is 3.34. The van der Waals surface area contributed by atoms with Crippen molar-refractivity contribution in [2.75, 3.05) is 0 Å². The van der Waals surface area contributed by atoms with E-state index in [1.165, 1.54) is 0 Å².